The van der Waals surface area contributed by atoms with Crippen molar-refractivity contribution in [3.8, 4) is 5.75 Å². The molecule has 4 heterocycles. The molecule has 7 rings (SSSR count). The molecule has 1 aliphatic carbocycles. The fourth-order valence-electron chi connectivity index (χ4n) is 8.07. The van der Waals surface area contributed by atoms with Crippen molar-refractivity contribution in [3.63, 3.8) is 0 Å². The molecule has 1 amide bonds. The van der Waals surface area contributed by atoms with Crippen molar-refractivity contribution in [3.05, 3.63) is 83.3 Å². The van der Waals surface area contributed by atoms with Crippen molar-refractivity contribution >= 4 is 22.9 Å². The van der Waals surface area contributed by atoms with E-state index in [1.54, 1.807) is 0 Å². The zero-order chi connectivity index (χ0) is 34.2. The highest BCUT2D eigenvalue weighted by molar-refractivity contribution is 5.91. The largest absolute Gasteiger partial charge is 0.484 e. The molecule has 9 nitrogen and oxygen atoms in total. The van der Waals surface area contributed by atoms with Crippen LogP contribution in [0.15, 0.2) is 60.8 Å². The lowest BCUT2D eigenvalue weighted by Crippen LogP contribution is -2.43. The highest BCUT2D eigenvalue weighted by Gasteiger charge is 2.40. The smallest absolute Gasteiger partial charge is 0.224 e. The molecule has 260 valence electrons. The van der Waals surface area contributed by atoms with Crippen molar-refractivity contribution < 1.29 is 9.53 Å². The average Bonchev–Trinajstić information content (AvgIpc) is 3.68. The lowest BCUT2D eigenvalue weighted by molar-refractivity contribution is -0.116. The molecule has 0 spiro atoms. The number of nitrogens with one attached hydrogen (secondary N) is 2. The van der Waals surface area contributed by atoms with Gasteiger partial charge in [-0.25, -0.2) is 0 Å². The van der Waals surface area contributed by atoms with Crippen LogP contribution in [0.25, 0.3) is 5.65 Å². The molecule has 2 saturated heterocycles. The molecule has 9 heteroatoms. The van der Waals surface area contributed by atoms with Gasteiger partial charge in [0.05, 0.1) is 11.7 Å². The number of nitrogens with zero attached hydrogens (tertiary/aromatic N) is 5. The van der Waals surface area contributed by atoms with Crippen LogP contribution in [-0.4, -0.2) is 65.2 Å². The lowest BCUT2D eigenvalue weighted by Gasteiger charge is -2.32. The summed E-state index contributed by atoms with van der Waals surface area (Å²) < 4.78 is 8.84. The van der Waals surface area contributed by atoms with Crippen molar-refractivity contribution in [2.75, 3.05) is 50.0 Å². The van der Waals surface area contributed by atoms with E-state index in [1.165, 1.54) is 22.4 Å². The number of carbonyl (C=O) groups is 1. The van der Waals surface area contributed by atoms with E-state index in [9.17, 15) is 4.79 Å². The SMILES string of the molecule is CN1CCC[C@@]1(C)c1nnc2ccc(O[C@@H]3CC[C@H](CCCC(=O)Nc4cc(N5CCNCC5)cc(C(C)(C)C)c4)c4ccccc43)cn12. The van der Waals surface area contributed by atoms with Crippen LogP contribution in [0.5, 0.6) is 5.75 Å². The lowest BCUT2D eigenvalue weighted by atomic mass is 9.79. The molecule has 3 atom stereocenters. The second kappa shape index (κ2) is 13.8. The number of likely N-dealkylation sites (tertiary alicyclic amines) is 1. The summed E-state index contributed by atoms with van der Waals surface area (Å²) in [4.78, 5) is 18.1. The summed E-state index contributed by atoms with van der Waals surface area (Å²) in [5.74, 6) is 2.31. The molecular formula is C40H53N7O2. The van der Waals surface area contributed by atoms with E-state index < -0.39 is 0 Å². The average molecular weight is 664 g/mol. The van der Waals surface area contributed by atoms with Gasteiger partial charge in [-0.3, -0.25) is 14.1 Å². The Bertz CT molecular complexity index is 1790. The van der Waals surface area contributed by atoms with Crippen LogP contribution in [0.3, 0.4) is 0 Å². The van der Waals surface area contributed by atoms with Crippen molar-refractivity contribution in [1.29, 1.82) is 0 Å². The number of ether oxygens (including phenoxy) is 1. The first kappa shape index (κ1) is 33.5. The van der Waals surface area contributed by atoms with Gasteiger partial charge < -0.3 is 20.3 Å². The predicted octanol–water partition coefficient (Wildman–Crippen LogP) is 7.18. The van der Waals surface area contributed by atoms with Crippen LogP contribution in [0.2, 0.25) is 0 Å². The number of rotatable bonds is 9. The Labute approximate surface area is 291 Å². The fraction of sp³-hybridized carbons (Fsp3) is 0.525. The third-order valence-electron chi connectivity index (χ3n) is 11.2. The Kier molecular flexibility index (Phi) is 9.41. The predicted molar refractivity (Wildman–Crippen MR) is 197 cm³/mol. The number of piperazine rings is 1. The number of anilines is 2. The van der Waals surface area contributed by atoms with Crippen LogP contribution in [0.4, 0.5) is 11.4 Å². The zero-order valence-electron chi connectivity index (χ0n) is 30.0. The van der Waals surface area contributed by atoms with Gasteiger partial charge in [0, 0.05) is 44.0 Å². The van der Waals surface area contributed by atoms with Crippen molar-refractivity contribution in [1.82, 2.24) is 24.8 Å². The number of fused-ring (bicyclic) bond motifs is 2. The molecule has 0 unspecified atom stereocenters. The molecule has 4 aromatic rings. The minimum atomic E-state index is -0.135. The fourth-order valence-corrected chi connectivity index (χ4v) is 8.07. The van der Waals surface area contributed by atoms with Gasteiger partial charge in [-0.15, -0.1) is 10.2 Å². The molecular weight excluding hydrogens is 610 g/mol. The van der Waals surface area contributed by atoms with E-state index in [1.807, 2.05) is 12.1 Å². The summed E-state index contributed by atoms with van der Waals surface area (Å²) in [5.41, 5.74) is 6.65. The Hall–Kier alpha value is -3.95. The highest BCUT2D eigenvalue weighted by Crippen LogP contribution is 2.43. The standard InChI is InChI=1S/C40H53N7O2/c1-39(2,3)29-24-30(26-31(25-29)46-22-19-41-20-23-46)42-37(48)13-8-10-28-14-16-35(34-12-7-6-11-33(28)34)49-32-15-17-36-43-44-38(47(36)27-32)40(4)18-9-21-45(40)5/h6-7,11-12,15,17,24-28,35,41H,8-10,13-14,16,18-23H2,1-5H3,(H,42,48)/t28-,35+,40-/m0/s1. The van der Waals surface area contributed by atoms with Gasteiger partial charge in [-0.05, 0) is 117 Å². The number of pyridine rings is 1. The monoisotopic (exact) mass is 663 g/mol. The summed E-state index contributed by atoms with van der Waals surface area (Å²) in [6.07, 6.45) is 8.59. The minimum Gasteiger partial charge on any atom is -0.484 e. The Morgan fingerprint density at radius 3 is 2.57 bits per heavy atom. The zero-order valence-corrected chi connectivity index (χ0v) is 30.0. The third kappa shape index (κ3) is 7.06. The molecule has 2 N–H and O–H groups in total. The quantitative estimate of drug-likeness (QED) is 0.196. The normalized spacial score (nSPS) is 23.1. The van der Waals surface area contributed by atoms with E-state index in [0.29, 0.717) is 12.3 Å². The number of hydrogen-bond donors (Lipinski definition) is 2. The van der Waals surface area contributed by atoms with Crippen molar-refractivity contribution in [2.45, 2.75) is 95.6 Å². The van der Waals surface area contributed by atoms with E-state index in [-0.39, 0.29) is 23.0 Å². The van der Waals surface area contributed by atoms with E-state index in [0.717, 1.165) is 94.2 Å². The summed E-state index contributed by atoms with van der Waals surface area (Å²) in [5, 5.41) is 15.8. The van der Waals surface area contributed by atoms with Gasteiger partial charge in [0.1, 0.15) is 11.9 Å². The third-order valence-corrected chi connectivity index (χ3v) is 11.2. The number of amides is 1. The molecule has 2 aromatic heterocycles. The van der Waals surface area contributed by atoms with Crippen molar-refractivity contribution in [2.24, 2.45) is 0 Å². The number of carbonyl (C=O) groups excluding carboxylic acids is 1. The number of aromatic nitrogens is 3. The maximum atomic E-state index is 13.3. The number of benzene rings is 2. The second-order valence-electron chi connectivity index (χ2n) is 15.6. The molecule has 0 saturated carbocycles. The first-order valence-corrected chi connectivity index (χ1v) is 18.3. The van der Waals surface area contributed by atoms with Gasteiger partial charge >= 0.3 is 0 Å². The van der Waals surface area contributed by atoms with E-state index >= 15 is 0 Å². The Morgan fingerprint density at radius 2 is 1.82 bits per heavy atom. The summed E-state index contributed by atoms with van der Waals surface area (Å²) >= 11 is 0. The van der Waals surface area contributed by atoms with Crippen LogP contribution >= 0.6 is 0 Å². The van der Waals surface area contributed by atoms with Gasteiger partial charge in [-0.1, -0.05) is 45.0 Å². The molecule has 2 fully saturated rings. The molecule has 2 aromatic carbocycles. The van der Waals surface area contributed by atoms with Crippen LogP contribution in [0.1, 0.15) is 107 Å². The molecule has 49 heavy (non-hydrogen) atoms. The maximum Gasteiger partial charge on any atom is 0.224 e. The molecule has 0 radical (unpaired) electrons. The molecule has 3 aliphatic rings. The summed E-state index contributed by atoms with van der Waals surface area (Å²) in [6.45, 7) is 13.9. The molecule has 2 aliphatic heterocycles. The first-order valence-electron chi connectivity index (χ1n) is 18.3. The summed E-state index contributed by atoms with van der Waals surface area (Å²) in [6, 6.07) is 19.3. The minimum absolute atomic E-state index is 0.00329. The van der Waals surface area contributed by atoms with Crippen LogP contribution in [0, 0.1) is 0 Å². The summed E-state index contributed by atoms with van der Waals surface area (Å²) in [7, 11) is 2.17. The first-order chi connectivity index (χ1) is 23.6. The Balaban J connectivity index is 0.995. The van der Waals surface area contributed by atoms with E-state index in [2.05, 4.69) is 118 Å². The van der Waals surface area contributed by atoms with Gasteiger partial charge in [0.25, 0.3) is 0 Å². The van der Waals surface area contributed by atoms with Gasteiger partial charge in [0.2, 0.25) is 5.91 Å². The second-order valence-corrected chi connectivity index (χ2v) is 15.6. The highest BCUT2D eigenvalue weighted by atomic mass is 16.5. The Morgan fingerprint density at radius 1 is 1.02 bits per heavy atom. The van der Waals surface area contributed by atoms with Gasteiger partial charge in [-0.2, -0.15) is 0 Å². The van der Waals surface area contributed by atoms with Crippen LogP contribution < -0.4 is 20.3 Å². The van der Waals surface area contributed by atoms with E-state index in [4.69, 9.17) is 4.74 Å². The maximum absolute atomic E-state index is 13.3. The van der Waals surface area contributed by atoms with Gasteiger partial charge in [0.15, 0.2) is 11.5 Å². The topological polar surface area (TPSA) is 87.0 Å². The van der Waals surface area contributed by atoms with Crippen LogP contribution in [-0.2, 0) is 15.7 Å². The molecule has 0 bridgehead atoms. The number of hydrogen-bond acceptors (Lipinski definition) is 7.